The van der Waals surface area contributed by atoms with Crippen LogP contribution in [0.2, 0.25) is 0 Å². The van der Waals surface area contributed by atoms with E-state index >= 15 is 0 Å². The van der Waals surface area contributed by atoms with Crippen LogP contribution in [0.5, 0.6) is 0 Å². The van der Waals surface area contributed by atoms with E-state index in [2.05, 4.69) is 35.1 Å². The van der Waals surface area contributed by atoms with Crippen molar-refractivity contribution in [3.05, 3.63) is 30.3 Å². The highest BCUT2D eigenvalue weighted by Crippen LogP contribution is 2.20. The third-order valence-electron chi connectivity index (χ3n) is 2.65. The zero-order chi connectivity index (χ0) is 13.4. The Morgan fingerprint density at radius 3 is 2.61 bits per heavy atom. The van der Waals surface area contributed by atoms with E-state index in [-0.39, 0.29) is 11.3 Å². The number of hydrogen-bond acceptors (Lipinski definition) is 2. The molecule has 0 saturated heterocycles. The van der Waals surface area contributed by atoms with Crippen molar-refractivity contribution in [1.82, 2.24) is 5.32 Å². The lowest BCUT2D eigenvalue weighted by Gasteiger charge is -2.23. The van der Waals surface area contributed by atoms with Crippen LogP contribution in [0, 0.1) is 5.41 Å². The fourth-order valence-electron chi connectivity index (χ4n) is 1.40. The fraction of sp³-hybridized carbons (Fsp3) is 0.500. The van der Waals surface area contributed by atoms with E-state index in [0.717, 1.165) is 23.2 Å². The number of thioether (sulfide) groups is 1. The predicted molar refractivity (Wildman–Crippen MR) is 82.4 cm³/mol. The Kier molecular flexibility index (Phi) is 6.79. The Morgan fingerprint density at radius 2 is 2.00 bits per heavy atom. The molecule has 0 radical (unpaired) electrons. The van der Waals surface area contributed by atoms with E-state index in [9.17, 15) is 4.79 Å². The van der Waals surface area contributed by atoms with Crippen LogP contribution in [0.25, 0.3) is 0 Å². The topological polar surface area (TPSA) is 29.1 Å². The van der Waals surface area contributed by atoms with E-state index in [4.69, 9.17) is 0 Å². The van der Waals surface area contributed by atoms with Gasteiger partial charge < -0.3 is 5.32 Å². The van der Waals surface area contributed by atoms with Gasteiger partial charge in [0, 0.05) is 16.8 Å². The van der Waals surface area contributed by atoms with Crippen molar-refractivity contribution in [3.63, 3.8) is 0 Å². The molecule has 0 fully saturated rings. The van der Waals surface area contributed by atoms with Crippen LogP contribution in [-0.2, 0) is 4.79 Å². The molecule has 1 amide bonds. The molecular weight excluding hydrogens is 310 g/mol. The van der Waals surface area contributed by atoms with Crippen molar-refractivity contribution in [1.29, 1.82) is 0 Å². The van der Waals surface area contributed by atoms with E-state index in [1.807, 2.05) is 30.3 Å². The molecule has 0 saturated carbocycles. The van der Waals surface area contributed by atoms with Crippen LogP contribution in [0.3, 0.4) is 0 Å². The number of carbonyl (C=O) groups excluding carboxylic acids is 1. The average Bonchev–Trinajstić information content (AvgIpc) is 2.35. The molecule has 0 aliphatic rings. The number of amides is 1. The highest BCUT2D eigenvalue weighted by molar-refractivity contribution is 9.09. The molecule has 0 atom stereocenters. The van der Waals surface area contributed by atoms with Gasteiger partial charge in [-0.2, -0.15) is 0 Å². The van der Waals surface area contributed by atoms with Crippen molar-refractivity contribution in [2.45, 2.75) is 25.2 Å². The SMILES string of the molecule is CC(C)(CCBr)CNC(=O)CSc1ccccc1. The lowest BCUT2D eigenvalue weighted by Crippen LogP contribution is -2.35. The van der Waals surface area contributed by atoms with Gasteiger partial charge in [0.15, 0.2) is 0 Å². The molecule has 1 rings (SSSR count). The molecule has 100 valence electrons. The van der Waals surface area contributed by atoms with Crippen molar-refractivity contribution >= 4 is 33.6 Å². The van der Waals surface area contributed by atoms with Crippen LogP contribution in [0.4, 0.5) is 0 Å². The van der Waals surface area contributed by atoms with Gasteiger partial charge in [0.2, 0.25) is 5.91 Å². The number of carbonyl (C=O) groups is 1. The van der Waals surface area contributed by atoms with Gasteiger partial charge in [-0.1, -0.05) is 48.0 Å². The molecule has 4 heteroatoms. The van der Waals surface area contributed by atoms with Gasteiger partial charge in [0.1, 0.15) is 0 Å². The predicted octanol–water partition coefficient (Wildman–Crippen LogP) is 3.71. The van der Waals surface area contributed by atoms with Crippen molar-refractivity contribution in [2.75, 3.05) is 17.6 Å². The molecule has 0 aliphatic heterocycles. The lowest BCUT2D eigenvalue weighted by molar-refractivity contribution is -0.119. The Bertz CT molecular complexity index is 367. The van der Waals surface area contributed by atoms with Crippen LogP contribution >= 0.6 is 27.7 Å². The summed E-state index contributed by atoms with van der Waals surface area (Å²) in [5, 5.41) is 3.96. The summed E-state index contributed by atoms with van der Waals surface area (Å²) < 4.78 is 0. The van der Waals surface area contributed by atoms with Gasteiger partial charge in [-0.05, 0) is 24.0 Å². The maximum atomic E-state index is 11.7. The first kappa shape index (κ1) is 15.6. The zero-order valence-electron chi connectivity index (χ0n) is 10.9. The second-order valence-corrected chi connectivity index (χ2v) is 6.82. The Hall–Kier alpha value is -0.480. The molecule has 0 aromatic heterocycles. The summed E-state index contributed by atoms with van der Waals surface area (Å²) in [5.41, 5.74) is 0.149. The highest BCUT2D eigenvalue weighted by Gasteiger charge is 2.17. The molecule has 2 nitrogen and oxygen atoms in total. The summed E-state index contributed by atoms with van der Waals surface area (Å²) in [6, 6.07) is 9.99. The zero-order valence-corrected chi connectivity index (χ0v) is 13.3. The summed E-state index contributed by atoms with van der Waals surface area (Å²) in [5.74, 6) is 0.584. The normalized spacial score (nSPS) is 11.3. The van der Waals surface area contributed by atoms with E-state index in [1.54, 1.807) is 11.8 Å². The maximum absolute atomic E-state index is 11.7. The third-order valence-corrected chi connectivity index (χ3v) is 4.06. The van der Waals surface area contributed by atoms with Crippen molar-refractivity contribution in [2.24, 2.45) is 5.41 Å². The van der Waals surface area contributed by atoms with E-state index in [1.165, 1.54) is 0 Å². The first-order chi connectivity index (χ1) is 8.53. The highest BCUT2D eigenvalue weighted by atomic mass is 79.9. The smallest absolute Gasteiger partial charge is 0.230 e. The van der Waals surface area contributed by atoms with Crippen molar-refractivity contribution < 1.29 is 4.79 Å². The summed E-state index contributed by atoms with van der Waals surface area (Å²) >= 11 is 5.01. The Balaban J connectivity index is 2.26. The lowest BCUT2D eigenvalue weighted by atomic mass is 9.90. The number of halogens is 1. The molecule has 18 heavy (non-hydrogen) atoms. The maximum Gasteiger partial charge on any atom is 0.230 e. The standard InChI is InChI=1S/C14H20BrNOS/c1-14(2,8-9-15)11-16-13(17)10-18-12-6-4-3-5-7-12/h3-7H,8-11H2,1-2H3,(H,16,17). The number of hydrogen-bond donors (Lipinski definition) is 1. The number of alkyl halides is 1. The number of rotatable bonds is 7. The quantitative estimate of drug-likeness (QED) is 0.610. The van der Waals surface area contributed by atoms with Gasteiger partial charge in [-0.15, -0.1) is 11.8 Å². The van der Waals surface area contributed by atoms with Gasteiger partial charge in [0.25, 0.3) is 0 Å². The minimum absolute atomic E-state index is 0.103. The summed E-state index contributed by atoms with van der Waals surface area (Å²) in [6.45, 7) is 5.06. The minimum Gasteiger partial charge on any atom is -0.355 e. The summed E-state index contributed by atoms with van der Waals surface area (Å²) in [4.78, 5) is 12.9. The van der Waals surface area contributed by atoms with Gasteiger partial charge in [-0.25, -0.2) is 0 Å². The van der Waals surface area contributed by atoms with Crippen LogP contribution in [-0.4, -0.2) is 23.5 Å². The van der Waals surface area contributed by atoms with Gasteiger partial charge in [-0.3, -0.25) is 4.79 Å². The third kappa shape index (κ3) is 6.45. The average molecular weight is 330 g/mol. The monoisotopic (exact) mass is 329 g/mol. The molecule has 0 unspecified atom stereocenters. The summed E-state index contributed by atoms with van der Waals surface area (Å²) in [6.07, 6.45) is 1.05. The first-order valence-corrected chi connectivity index (χ1v) is 8.15. The molecule has 0 aliphatic carbocycles. The minimum atomic E-state index is 0.103. The van der Waals surface area contributed by atoms with E-state index < -0.39 is 0 Å². The first-order valence-electron chi connectivity index (χ1n) is 6.04. The molecule has 0 heterocycles. The van der Waals surface area contributed by atoms with Crippen LogP contribution < -0.4 is 5.32 Å². The molecular formula is C14H20BrNOS. The second kappa shape index (κ2) is 7.85. The molecule has 0 spiro atoms. The Morgan fingerprint density at radius 1 is 1.33 bits per heavy atom. The molecule has 1 aromatic rings. The van der Waals surface area contributed by atoms with Crippen molar-refractivity contribution in [3.8, 4) is 0 Å². The second-order valence-electron chi connectivity index (χ2n) is 4.98. The van der Waals surface area contributed by atoms with Crippen LogP contribution in [0.1, 0.15) is 20.3 Å². The Labute approximate surface area is 122 Å². The van der Waals surface area contributed by atoms with Gasteiger partial charge >= 0.3 is 0 Å². The molecule has 0 bridgehead atoms. The van der Waals surface area contributed by atoms with E-state index in [0.29, 0.717) is 5.75 Å². The number of benzene rings is 1. The van der Waals surface area contributed by atoms with Crippen LogP contribution in [0.15, 0.2) is 35.2 Å². The molecule has 1 N–H and O–H groups in total. The number of nitrogens with one attached hydrogen (secondary N) is 1. The largest absolute Gasteiger partial charge is 0.355 e. The molecule has 1 aromatic carbocycles. The summed E-state index contributed by atoms with van der Waals surface area (Å²) in [7, 11) is 0. The van der Waals surface area contributed by atoms with Gasteiger partial charge in [0.05, 0.1) is 5.75 Å². The fourth-order valence-corrected chi connectivity index (χ4v) is 3.22.